The summed E-state index contributed by atoms with van der Waals surface area (Å²) < 4.78 is 5.49. The van der Waals surface area contributed by atoms with Crippen LogP contribution < -0.4 is 5.43 Å². The van der Waals surface area contributed by atoms with Crippen LogP contribution in [0, 0.1) is 6.92 Å². The van der Waals surface area contributed by atoms with Crippen molar-refractivity contribution in [2.45, 2.75) is 6.92 Å². The van der Waals surface area contributed by atoms with Crippen LogP contribution >= 0.6 is 0 Å². The Labute approximate surface area is 126 Å². The van der Waals surface area contributed by atoms with Gasteiger partial charge in [0.05, 0.1) is 11.6 Å². The highest BCUT2D eigenvalue weighted by atomic mass is 16.3. The van der Waals surface area contributed by atoms with Crippen molar-refractivity contribution in [3.05, 3.63) is 59.6 Å². The fourth-order valence-corrected chi connectivity index (χ4v) is 2.16. The monoisotopic (exact) mass is 295 g/mol. The van der Waals surface area contributed by atoms with E-state index in [9.17, 15) is 9.90 Å². The van der Waals surface area contributed by atoms with Gasteiger partial charge in [-0.15, -0.1) is 0 Å². The second kappa shape index (κ2) is 5.69. The number of aromatic nitrogens is 1. The summed E-state index contributed by atoms with van der Waals surface area (Å²) in [6.07, 6.45) is 4.78. The van der Waals surface area contributed by atoms with Crippen molar-refractivity contribution in [1.29, 1.82) is 0 Å². The van der Waals surface area contributed by atoms with Crippen molar-refractivity contribution < 1.29 is 14.3 Å². The molecule has 22 heavy (non-hydrogen) atoms. The minimum Gasteiger partial charge on any atom is -0.507 e. The van der Waals surface area contributed by atoms with E-state index in [2.05, 4.69) is 15.5 Å². The summed E-state index contributed by atoms with van der Waals surface area (Å²) in [5.74, 6) is -0.264. The Morgan fingerprint density at radius 2 is 2.09 bits per heavy atom. The molecular weight excluding hydrogens is 282 g/mol. The molecule has 6 nitrogen and oxygen atoms in total. The van der Waals surface area contributed by atoms with E-state index >= 15 is 0 Å². The molecule has 0 aliphatic heterocycles. The smallest absolute Gasteiger partial charge is 0.307 e. The van der Waals surface area contributed by atoms with Gasteiger partial charge in [-0.05, 0) is 36.8 Å². The number of fused-ring (bicyclic) bond motifs is 1. The summed E-state index contributed by atoms with van der Waals surface area (Å²) in [7, 11) is 0. The van der Waals surface area contributed by atoms with Crippen LogP contribution in [0.25, 0.3) is 11.0 Å². The third kappa shape index (κ3) is 2.54. The first kappa shape index (κ1) is 13.8. The highest BCUT2D eigenvalue weighted by Crippen LogP contribution is 2.32. The van der Waals surface area contributed by atoms with Gasteiger partial charge in [0.2, 0.25) is 0 Å². The lowest BCUT2D eigenvalue weighted by Gasteiger charge is -1.97. The number of hydrogen-bond donors (Lipinski definition) is 2. The van der Waals surface area contributed by atoms with Gasteiger partial charge in [0.1, 0.15) is 11.3 Å². The molecule has 2 aromatic heterocycles. The largest absolute Gasteiger partial charge is 0.507 e. The first-order valence-corrected chi connectivity index (χ1v) is 6.61. The molecule has 1 aromatic carbocycles. The minimum atomic E-state index is -0.474. The molecule has 110 valence electrons. The number of phenols is 1. The number of hydrogen-bond acceptors (Lipinski definition) is 5. The molecule has 3 rings (SSSR count). The molecule has 0 spiro atoms. The van der Waals surface area contributed by atoms with E-state index in [1.807, 2.05) is 0 Å². The lowest BCUT2D eigenvalue weighted by Crippen LogP contribution is -2.17. The quantitative estimate of drug-likeness (QED) is 0.574. The van der Waals surface area contributed by atoms with Gasteiger partial charge in [-0.2, -0.15) is 5.10 Å². The maximum Gasteiger partial charge on any atom is 0.307 e. The molecule has 0 aliphatic carbocycles. The summed E-state index contributed by atoms with van der Waals surface area (Å²) >= 11 is 0. The molecule has 0 fully saturated rings. The molecule has 0 saturated heterocycles. The zero-order chi connectivity index (χ0) is 15.5. The van der Waals surface area contributed by atoms with Crippen molar-refractivity contribution in [3.63, 3.8) is 0 Å². The number of benzene rings is 1. The zero-order valence-electron chi connectivity index (χ0n) is 11.8. The molecule has 6 heteroatoms. The summed E-state index contributed by atoms with van der Waals surface area (Å²) in [5.41, 5.74) is 4.25. The molecule has 0 saturated carbocycles. The number of aryl methyl sites for hydroxylation is 1. The number of pyridine rings is 1. The van der Waals surface area contributed by atoms with Gasteiger partial charge < -0.3 is 9.52 Å². The van der Waals surface area contributed by atoms with Crippen molar-refractivity contribution in [3.8, 4) is 5.75 Å². The van der Waals surface area contributed by atoms with E-state index in [0.29, 0.717) is 16.5 Å². The van der Waals surface area contributed by atoms with E-state index in [1.165, 1.54) is 6.21 Å². The molecule has 0 bridgehead atoms. The zero-order valence-corrected chi connectivity index (χ0v) is 11.8. The highest BCUT2D eigenvalue weighted by molar-refractivity contribution is 6.00. The number of phenolic OH excluding ortho intramolecular Hbond substituents is 1. The van der Waals surface area contributed by atoms with E-state index in [-0.39, 0.29) is 11.5 Å². The molecule has 0 atom stereocenters. The summed E-state index contributed by atoms with van der Waals surface area (Å²) in [4.78, 5) is 16.0. The minimum absolute atomic E-state index is 0.0816. The van der Waals surface area contributed by atoms with Gasteiger partial charge in [-0.25, -0.2) is 5.43 Å². The van der Waals surface area contributed by atoms with E-state index in [1.54, 1.807) is 49.6 Å². The average molecular weight is 295 g/mol. The van der Waals surface area contributed by atoms with Crippen LogP contribution in [-0.2, 0) is 0 Å². The Morgan fingerprint density at radius 1 is 1.32 bits per heavy atom. The molecule has 1 amide bonds. The fourth-order valence-electron chi connectivity index (χ4n) is 2.16. The maximum atomic E-state index is 12.1. The molecule has 0 aliphatic rings. The number of carbonyl (C=O) groups excluding carboxylic acids is 1. The van der Waals surface area contributed by atoms with Gasteiger partial charge >= 0.3 is 5.91 Å². The second-order valence-corrected chi connectivity index (χ2v) is 4.69. The molecule has 0 unspecified atom stereocenters. The van der Waals surface area contributed by atoms with Crippen LogP contribution in [0.15, 0.2) is 52.2 Å². The topological polar surface area (TPSA) is 87.7 Å². The Morgan fingerprint density at radius 3 is 2.82 bits per heavy atom. The van der Waals surface area contributed by atoms with Gasteiger partial charge in [-0.1, -0.05) is 6.07 Å². The lowest BCUT2D eigenvalue weighted by atomic mass is 10.1. The maximum absolute atomic E-state index is 12.1. The van der Waals surface area contributed by atoms with Gasteiger partial charge in [0, 0.05) is 18.0 Å². The van der Waals surface area contributed by atoms with Crippen LogP contribution in [0.1, 0.15) is 21.7 Å². The van der Waals surface area contributed by atoms with Crippen molar-refractivity contribution in [2.75, 3.05) is 0 Å². The number of carbonyl (C=O) groups is 1. The van der Waals surface area contributed by atoms with Crippen LogP contribution in [0.5, 0.6) is 5.75 Å². The summed E-state index contributed by atoms with van der Waals surface area (Å²) in [6.45, 7) is 1.72. The first-order chi connectivity index (χ1) is 10.7. The molecule has 3 aromatic rings. The molecular formula is C16H13N3O3. The Kier molecular flexibility index (Phi) is 3.57. The summed E-state index contributed by atoms with van der Waals surface area (Å²) in [6, 6.07) is 8.43. The Bertz CT molecular complexity index is 854. The standard InChI is InChI=1S/C16H13N3O3/c1-10-14-12(20)3-2-4-13(14)22-15(10)16(21)19-18-9-11-5-7-17-8-6-11/h2-9,20H,1H3,(H,19,21). The number of amides is 1. The third-order valence-corrected chi connectivity index (χ3v) is 3.22. The Hall–Kier alpha value is -3.15. The number of nitrogens with zero attached hydrogens (tertiary/aromatic N) is 2. The van der Waals surface area contributed by atoms with Crippen LogP contribution in [0.3, 0.4) is 0 Å². The molecule has 2 heterocycles. The second-order valence-electron chi connectivity index (χ2n) is 4.69. The van der Waals surface area contributed by atoms with Crippen LogP contribution in [0.4, 0.5) is 0 Å². The van der Waals surface area contributed by atoms with Crippen molar-refractivity contribution in [1.82, 2.24) is 10.4 Å². The average Bonchev–Trinajstić information content (AvgIpc) is 2.87. The van der Waals surface area contributed by atoms with E-state index in [4.69, 9.17) is 4.42 Å². The fraction of sp³-hybridized carbons (Fsp3) is 0.0625. The van der Waals surface area contributed by atoms with Crippen molar-refractivity contribution in [2.24, 2.45) is 5.10 Å². The van der Waals surface area contributed by atoms with Crippen LogP contribution in [0.2, 0.25) is 0 Å². The number of nitrogens with one attached hydrogen (secondary N) is 1. The normalized spacial score (nSPS) is 11.1. The van der Waals surface area contributed by atoms with Crippen LogP contribution in [-0.4, -0.2) is 22.2 Å². The number of furan rings is 1. The van der Waals surface area contributed by atoms with E-state index in [0.717, 1.165) is 5.56 Å². The molecule has 0 radical (unpaired) electrons. The lowest BCUT2D eigenvalue weighted by molar-refractivity contribution is 0.0929. The Balaban J connectivity index is 1.82. The SMILES string of the molecule is Cc1c(C(=O)NN=Cc2ccncc2)oc2cccc(O)c12. The number of aromatic hydroxyl groups is 1. The number of hydrazone groups is 1. The number of rotatable bonds is 3. The highest BCUT2D eigenvalue weighted by Gasteiger charge is 2.19. The predicted octanol–water partition coefficient (Wildman–Crippen LogP) is 2.61. The predicted molar refractivity (Wildman–Crippen MR) is 81.9 cm³/mol. The van der Waals surface area contributed by atoms with Crippen molar-refractivity contribution >= 4 is 23.1 Å². The van der Waals surface area contributed by atoms with Gasteiger partial charge in [-0.3, -0.25) is 9.78 Å². The first-order valence-electron chi connectivity index (χ1n) is 6.61. The van der Waals surface area contributed by atoms with E-state index < -0.39 is 5.91 Å². The van der Waals surface area contributed by atoms with Gasteiger partial charge in [0.25, 0.3) is 0 Å². The third-order valence-electron chi connectivity index (χ3n) is 3.22. The van der Waals surface area contributed by atoms with Gasteiger partial charge in [0.15, 0.2) is 5.76 Å². The summed E-state index contributed by atoms with van der Waals surface area (Å²) in [5, 5.41) is 14.3. The molecule has 2 N–H and O–H groups in total.